The number of rotatable bonds is 9. The number of carbonyl (C=O) groups is 3. The molecule has 6 heteroatoms. The van der Waals surface area contributed by atoms with E-state index in [1.54, 1.807) is 104 Å². The van der Waals surface area contributed by atoms with Gasteiger partial charge in [0, 0.05) is 27.3 Å². The molecular weight excluding hydrogens is 582 g/mol. The van der Waals surface area contributed by atoms with E-state index in [9.17, 15) is 14.4 Å². The van der Waals surface area contributed by atoms with Crippen molar-refractivity contribution in [3.05, 3.63) is 184 Å². The summed E-state index contributed by atoms with van der Waals surface area (Å²) in [5, 5.41) is 0.394. The predicted molar refractivity (Wildman–Crippen MR) is 177 cm³/mol. The van der Waals surface area contributed by atoms with E-state index in [4.69, 9.17) is 21.3 Å². The van der Waals surface area contributed by atoms with Crippen LogP contribution in [0.15, 0.2) is 156 Å². The maximum absolute atomic E-state index is 14.4. The Bertz CT molecular complexity index is 1880. The van der Waals surface area contributed by atoms with Crippen molar-refractivity contribution < 1.29 is 19.1 Å². The fourth-order valence-corrected chi connectivity index (χ4v) is 5.87. The van der Waals surface area contributed by atoms with E-state index in [-0.39, 0.29) is 11.5 Å². The first-order valence-electron chi connectivity index (χ1n) is 14.5. The van der Waals surface area contributed by atoms with Crippen molar-refractivity contribution in [3.8, 4) is 0 Å². The number of hydrogen-bond acceptors (Lipinski definition) is 5. The molecule has 45 heavy (non-hydrogen) atoms. The molecule has 1 heterocycles. The smallest absolute Gasteiger partial charge is 0.215 e. The Balaban J connectivity index is 1.62. The molecule has 1 aliphatic heterocycles. The summed E-state index contributed by atoms with van der Waals surface area (Å²) in [6.45, 7) is 1.69. The largest absolute Gasteiger partial charge is 0.464 e. The summed E-state index contributed by atoms with van der Waals surface area (Å²) in [7, 11) is 0. The van der Waals surface area contributed by atoms with E-state index in [1.807, 2.05) is 48.5 Å². The summed E-state index contributed by atoms with van der Waals surface area (Å²) >= 11 is 6.82. The number of halogens is 1. The first kappa shape index (κ1) is 29.7. The van der Waals surface area contributed by atoms with Gasteiger partial charge in [-0.05, 0) is 18.6 Å². The van der Waals surface area contributed by atoms with Crippen molar-refractivity contribution in [3.63, 3.8) is 0 Å². The molecule has 2 atom stereocenters. The van der Waals surface area contributed by atoms with Gasteiger partial charge in [0.05, 0.1) is 11.5 Å². The average Bonchev–Trinajstić information content (AvgIpc) is 3.40. The number of benzene rings is 5. The van der Waals surface area contributed by atoms with Crippen LogP contribution >= 0.6 is 11.6 Å². The molecule has 0 fully saturated rings. The third-order valence-electron chi connectivity index (χ3n) is 7.75. The Kier molecular flexibility index (Phi) is 8.37. The molecule has 0 spiro atoms. The molecule has 0 radical (unpaired) electrons. The lowest BCUT2D eigenvalue weighted by molar-refractivity contribution is 0.0700. The zero-order chi connectivity index (χ0) is 31.4. The van der Waals surface area contributed by atoms with Crippen LogP contribution in [-0.4, -0.2) is 28.8 Å². The van der Waals surface area contributed by atoms with Gasteiger partial charge < -0.3 is 4.74 Å². The van der Waals surface area contributed by atoms with Crippen LogP contribution in [0.4, 0.5) is 0 Å². The highest BCUT2D eigenvalue weighted by Crippen LogP contribution is 2.52. The van der Waals surface area contributed by atoms with Crippen LogP contribution in [0.3, 0.4) is 0 Å². The number of aliphatic imine (C=N–C) groups is 1. The summed E-state index contributed by atoms with van der Waals surface area (Å²) < 4.78 is 6.72. The standard InChI is InChI=1S/C39H28ClNO4/c1-39(41-34(36(43)27-18-8-3-9-19-27)37(44)28-20-10-4-11-21-28)33(30-24-14-15-25-31(30)40)32(35(42)26-16-6-2-7-17-26)38(45-39)29-22-12-5-13-23-29/h2-25,33H,1H3/t33-,39+/m0/s1. The molecule has 0 saturated carbocycles. The molecule has 0 aromatic heterocycles. The van der Waals surface area contributed by atoms with E-state index in [0.29, 0.717) is 44.2 Å². The second-order valence-electron chi connectivity index (χ2n) is 10.8. The monoisotopic (exact) mass is 609 g/mol. The Morgan fingerprint density at radius 2 is 1.07 bits per heavy atom. The van der Waals surface area contributed by atoms with E-state index < -0.39 is 23.2 Å². The van der Waals surface area contributed by atoms with Crippen molar-refractivity contribution in [1.29, 1.82) is 0 Å². The van der Waals surface area contributed by atoms with Crippen molar-refractivity contribution >= 4 is 40.4 Å². The highest BCUT2D eigenvalue weighted by molar-refractivity contribution is 6.72. The number of ether oxygens (including phenoxy) is 1. The molecule has 1 aliphatic rings. The minimum Gasteiger partial charge on any atom is -0.464 e. The fourth-order valence-electron chi connectivity index (χ4n) is 5.62. The summed E-state index contributed by atoms with van der Waals surface area (Å²) in [6.07, 6.45) is 0. The molecule has 220 valence electrons. The topological polar surface area (TPSA) is 72.8 Å². The third-order valence-corrected chi connectivity index (χ3v) is 8.09. The van der Waals surface area contributed by atoms with Gasteiger partial charge >= 0.3 is 0 Å². The third kappa shape index (κ3) is 5.91. The van der Waals surface area contributed by atoms with Crippen LogP contribution in [0.2, 0.25) is 5.02 Å². The summed E-state index contributed by atoms with van der Waals surface area (Å²) in [6, 6.07) is 42.4. The normalized spacial score (nSPS) is 17.3. The van der Waals surface area contributed by atoms with Crippen LogP contribution < -0.4 is 0 Å². The van der Waals surface area contributed by atoms with Gasteiger partial charge in [-0.15, -0.1) is 0 Å². The van der Waals surface area contributed by atoms with Gasteiger partial charge in [0.25, 0.3) is 0 Å². The fraction of sp³-hybridized carbons (Fsp3) is 0.0769. The summed E-state index contributed by atoms with van der Waals surface area (Å²) in [5.41, 5.74) is 0.669. The lowest BCUT2D eigenvalue weighted by atomic mass is 9.80. The Hall–Kier alpha value is -5.39. The predicted octanol–water partition coefficient (Wildman–Crippen LogP) is 8.67. The van der Waals surface area contributed by atoms with Crippen LogP contribution in [-0.2, 0) is 4.74 Å². The lowest BCUT2D eigenvalue weighted by Crippen LogP contribution is -2.36. The first-order valence-corrected chi connectivity index (χ1v) is 14.9. The molecule has 5 nitrogen and oxygen atoms in total. The highest BCUT2D eigenvalue weighted by Gasteiger charge is 2.52. The highest BCUT2D eigenvalue weighted by atomic mass is 35.5. The second-order valence-corrected chi connectivity index (χ2v) is 11.2. The maximum atomic E-state index is 14.4. The molecule has 0 N–H and O–H groups in total. The van der Waals surface area contributed by atoms with Crippen molar-refractivity contribution in [1.82, 2.24) is 0 Å². The quantitative estimate of drug-likeness (QED) is 0.0952. The number of nitrogens with zero attached hydrogens (tertiary/aromatic N) is 1. The van der Waals surface area contributed by atoms with Crippen molar-refractivity contribution in [2.45, 2.75) is 18.6 Å². The van der Waals surface area contributed by atoms with Crippen LogP contribution in [0.5, 0.6) is 0 Å². The number of hydrogen-bond donors (Lipinski definition) is 0. The van der Waals surface area contributed by atoms with Gasteiger partial charge in [-0.2, -0.15) is 0 Å². The van der Waals surface area contributed by atoms with Gasteiger partial charge in [-0.1, -0.05) is 151 Å². The second kappa shape index (κ2) is 12.7. The average molecular weight is 610 g/mol. The van der Waals surface area contributed by atoms with Crippen molar-refractivity contribution in [2.24, 2.45) is 4.99 Å². The zero-order valence-electron chi connectivity index (χ0n) is 24.4. The Morgan fingerprint density at radius 1 is 0.622 bits per heavy atom. The van der Waals surface area contributed by atoms with Gasteiger partial charge in [-0.25, -0.2) is 4.99 Å². The molecular formula is C39H28ClNO4. The molecule has 0 amide bonds. The van der Waals surface area contributed by atoms with E-state index in [0.717, 1.165) is 0 Å². The number of carbonyl (C=O) groups excluding carboxylic acids is 3. The molecule has 0 bridgehead atoms. The Morgan fingerprint density at radius 3 is 1.58 bits per heavy atom. The minimum atomic E-state index is -1.62. The molecule has 5 aromatic carbocycles. The minimum absolute atomic E-state index is 0.274. The van der Waals surface area contributed by atoms with Gasteiger partial charge in [0.1, 0.15) is 5.76 Å². The molecule has 0 saturated heterocycles. The summed E-state index contributed by atoms with van der Waals surface area (Å²) in [4.78, 5) is 47.5. The van der Waals surface area contributed by atoms with Gasteiger partial charge in [0.15, 0.2) is 11.5 Å². The maximum Gasteiger partial charge on any atom is 0.215 e. The molecule has 5 aromatic rings. The molecule has 0 unspecified atom stereocenters. The van der Waals surface area contributed by atoms with Gasteiger partial charge in [0.2, 0.25) is 17.3 Å². The SMILES string of the molecule is C[C@@]1(N=C(C(=O)c2ccccc2)C(=O)c2ccccc2)OC(c2ccccc2)=C(C(=O)c2ccccc2)[C@@H]1c1ccccc1Cl. The molecule has 0 aliphatic carbocycles. The number of Topliss-reactive ketones (excluding diaryl/α,β-unsaturated/α-hetero) is 3. The Labute approximate surface area is 266 Å². The number of ketones is 3. The van der Waals surface area contributed by atoms with E-state index in [2.05, 4.69) is 0 Å². The summed E-state index contributed by atoms with van der Waals surface area (Å²) in [5.74, 6) is -1.97. The first-order chi connectivity index (χ1) is 21.9. The lowest BCUT2D eigenvalue weighted by Gasteiger charge is -2.30. The van der Waals surface area contributed by atoms with E-state index >= 15 is 0 Å². The van der Waals surface area contributed by atoms with Crippen LogP contribution in [0.25, 0.3) is 5.76 Å². The van der Waals surface area contributed by atoms with Crippen LogP contribution in [0, 0.1) is 0 Å². The zero-order valence-corrected chi connectivity index (χ0v) is 25.1. The van der Waals surface area contributed by atoms with Gasteiger partial charge in [-0.3, -0.25) is 14.4 Å². The van der Waals surface area contributed by atoms with Crippen molar-refractivity contribution in [2.75, 3.05) is 0 Å². The molecule has 6 rings (SSSR count). The van der Waals surface area contributed by atoms with E-state index in [1.165, 1.54) is 0 Å². The van der Waals surface area contributed by atoms with Crippen LogP contribution in [0.1, 0.15) is 55.0 Å².